The summed E-state index contributed by atoms with van der Waals surface area (Å²) in [5, 5.41) is 0. The smallest absolute Gasteiger partial charge is 0.0507 e. The van der Waals surface area contributed by atoms with E-state index in [-0.39, 0.29) is 0 Å². The maximum Gasteiger partial charge on any atom is 0.0507 e. The van der Waals surface area contributed by atoms with Gasteiger partial charge in [0.05, 0.1) is 6.67 Å². The second-order valence-corrected chi connectivity index (χ2v) is 10.7. The van der Waals surface area contributed by atoms with Crippen LogP contribution in [0.2, 0.25) is 0 Å². The summed E-state index contributed by atoms with van der Waals surface area (Å²) in [6, 6.07) is 0. The molecule has 25 heavy (non-hydrogen) atoms. The second kappa shape index (κ2) is 7.46. The van der Waals surface area contributed by atoms with Crippen LogP contribution in [0, 0.1) is 11.8 Å². The highest BCUT2D eigenvalue weighted by atomic mass is 15.4. The molecular weight excluding hydrogens is 308 g/mol. The Kier molecular flexibility index (Phi) is 5.85. The van der Waals surface area contributed by atoms with Crippen molar-refractivity contribution in [3.05, 3.63) is 0 Å². The average molecular weight is 351 g/mol. The first-order valence-electron chi connectivity index (χ1n) is 10.6. The summed E-state index contributed by atoms with van der Waals surface area (Å²) >= 11 is 0. The molecule has 3 saturated heterocycles. The van der Waals surface area contributed by atoms with E-state index in [2.05, 4.69) is 61.1 Å². The Labute approximate surface area is 156 Å². The third kappa shape index (κ3) is 4.97. The normalized spacial score (nSPS) is 27.6. The maximum absolute atomic E-state index is 2.69. The molecule has 0 saturated carbocycles. The Morgan fingerprint density at radius 1 is 0.600 bits per heavy atom. The first kappa shape index (κ1) is 19.6. The Balaban J connectivity index is 1.33. The lowest BCUT2D eigenvalue weighted by molar-refractivity contribution is -0.0331. The van der Waals surface area contributed by atoms with E-state index in [9.17, 15) is 0 Å². The van der Waals surface area contributed by atoms with Gasteiger partial charge in [-0.2, -0.15) is 0 Å². The summed E-state index contributed by atoms with van der Waals surface area (Å²) in [5.41, 5.74) is 0.682. The van der Waals surface area contributed by atoms with Crippen molar-refractivity contribution in [1.82, 2.24) is 19.6 Å². The van der Waals surface area contributed by atoms with E-state index in [4.69, 9.17) is 0 Å². The van der Waals surface area contributed by atoms with Gasteiger partial charge in [0.1, 0.15) is 0 Å². The molecule has 3 fully saturated rings. The van der Waals surface area contributed by atoms with Gasteiger partial charge < -0.3 is 0 Å². The van der Waals surface area contributed by atoms with E-state index < -0.39 is 0 Å². The van der Waals surface area contributed by atoms with Crippen LogP contribution in [-0.4, -0.2) is 89.7 Å². The maximum atomic E-state index is 2.69. The molecular formula is C21H42N4. The fraction of sp³-hybridized carbons (Fsp3) is 1.00. The Hall–Kier alpha value is -0.160. The molecule has 3 rings (SSSR count). The molecule has 0 radical (unpaired) electrons. The third-order valence-corrected chi connectivity index (χ3v) is 6.86. The molecule has 0 amide bonds. The van der Waals surface area contributed by atoms with Crippen molar-refractivity contribution in [2.75, 3.05) is 59.0 Å². The van der Waals surface area contributed by atoms with Crippen molar-refractivity contribution >= 4 is 0 Å². The van der Waals surface area contributed by atoms with Gasteiger partial charge in [-0.3, -0.25) is 19.6 Å². The van der Waals surface area contributed by atoms with Gasteiger partial charge in [-0.05, 0) is 79.3 Å². The molecule has 3 aliphatic rings. The van der Waals surface area contributed by atoms with Crippen molar-refractivity contribution in [3.8, 4) is 0 Å². The molecule has 4 nitrogen and oxygen atoms in total. The molecule has 0 N–H and O–H groups in total. The van der Waals surface area contributed by atoms with Gasteiger partial charge in [-0.1, -0.05) is 0 Å². The van der Waals surface area contributed by atoms with Crippen molar-refractivity contribution in [1.29, 1.82) is 0 Å². The first-order chi connectivity index (χ1) is 11.6. The van der Waals surface area contributed by atoms with Crippen LogP contribution < -0.4 is 0 Å². The molecule has 146 valence electrons. The number of rotatable bonds is 3. The fourth-order valence-electron chi connectivity index (χ4n) is 4.91. The van der Waals surface area contributed by atoms with Gasteiger partial charge in [-0.25, -0.2) is 0 Å². The highest BCUT2D eigenvalue weighted by molar-refractivity contribution is 4.91. The SMILES string of the molecule is CC(C)(C)N1CCC(C2CN(CN3CCN(C(C)(C)C)CC3)C2)CC1. The van der Waals surface area contributed by atoms with E-state index in [1.54, 1.807) is 0 Å². The molecule has 0 unspecified atom stereocenters. The monoisotopic (exact) mass is 350 g/mol. The molecule has 4 heteroatoms. The predicted octanol–water partition coefficient (Wildman–Crippen LogP) is 2.80. The minimum absolute atomic E-state index is 0.329. The van der Waals surface area contributed by atoms with Crippen LogP contribution in [0.15, 0.2) is 0 Å². The Morgan fingerprint density at radius 3 is 1.56 bits per heavy atom. The van der Waals surface area contributed by atoms with Crippen LogP contribution >= 0.6 is 0 Å². The van der Waals surface area contributed by atoms with Gasteiger partial charge in [-0.15, -0.1) is 0 Å². The summed E-state index contributed by atoms with van der Waals surface area (Å²) < 4.78 is 0. The Morgan fingerprint density at radius 2 is 1.08 bits per heavy atom. The van der Waals surface area contributed by atoms with Crippen molar-refractivity contribution in [2.24, 2.45) is 11.8 Å². The van der Waals surface area contributed by atoms with E-state index in [1.165, 1.54) is 71.9 Å². The van der Waals surface area contributed by atoms with Gasteiger partial charge >= 0.3 is 0 Å². The zero-order valence-corrected chi connectivity index (χ0v) is 17.7. The number of piperidine rings is 1. The second-order valence-electron chi connectivity index (χ2n) is 10.7. The lowest BCUT2D eigenvalue weighted by Crippen LogP contribution is -2.59. The van der Waals surface area contributed by atoms with Crippen LogP contribution in [0.4, 0.5) is 0 Å². The summed E-state index contributed by atoms with van der Waals surface area (Å²) in [4.78, 5) is 10.7. The van der Waals surface area contributed by atoms with Crippen LogP contribution in [0.3, 0.4) is 0 Å². The molecule has 0 aliphatic carbocycles. The predicted molar refractivity (Wildman–Crippen MR) is 107 cm³/mol. The van der Waals surface area contributed by atoms with Gasteiger partial charge in [0.15, 0.2) is 0 Å². The van der Waals surface area contributed by atoms with E-state index in [0.29, 0.717) is 11.1 Å². The Bertz CT molecular complexity index is 414. The molecule has 0 bridgehead atoms. The summed E-state index contributed by atoms with van der Waals surface area (Å²) in [7, 11) is 0. The number of hydrogen-bond acceptors (Lipinski definition) is 4. The fourth-order valence-corrected chi connectivity index (χ4v) is 4.91. The third-order valence-electron chi connectivity index (χ3n) is 6.86. The summed E-state index contributed by atoms with van der Waals surface area (Å²) in [5.74, 6) is 1.95. The highest BCUT2D eigenvalue weighted by Crippen LogP contribution is 2.33. The number of nitrogens with zero attached hydrogens (tertiary/aromatic N) is 4. The van der Waals surface area contributed by atoms with Crippen molar-refractivity contribution in [2.45, 2.75) is 65.5 Å². The quantitative estimate of drug-likeness (QED) is 0.776. The zero-order chi connectivity index (χ0) is 18.2. The van der Waals surface area contributed by atoms with Crippen LogP contribution in [0.5, 0.6) is 0 Å². The number of piperazine rings is 1. The minimum Gasteiger partial charge on any atom is -0.298 e. The van der Waals surface area contributed by atoms with Gasteiger partial charge in [0.2, 0.25) is 0 Å². The highest BCUT2D eigenvalue weighted by Gasteiger charge is 2.37. The standard InChI is InChI=1S/C21H42N4/c1-20(2,3)24-9-7-18(8-10-24)19-15-23(16-19)17-22-11-13-25(14-12-22)21(4,5)6/h18-19H,7-17H2,1-6H3. The molecule has 0 aromatic heterocycles. The van der Waals surface area contributed by atoms with E-state index in [1.807, 2.05) is 0 Å². The van der Waals surface area contributed by atoms with Crippen LogP contribution in [0.25, 0.3) is 0 Å². The summed E-state index contributed by atoms with van der Waals surface area (Å²) in [6.07, 6.45) is 2.83. The molecule has 0 spiro atoms. The van der Waals surface area contributed by atoms with Crippen molar-refractivity contribution in [3.63, 3.8) is 0 Å². The zero-order valence-electron chi connectivity index (χ0n) is 17.7. The lowest BCUT2D eigenvalue weighted by atomic mass is 9.79. The largest absolute Gasteiger partial charge is 0.298 e. The average Bonchev–Trinajstić information content (AvgIpc) is 2.49. The van der Waals surface area contributed by atoms with Crippen molar-refractivity contribution < 1.29 is 0 Å². The molecule has 0 aromatic carbocycles. The van der Waals surface area contributed by atoms with Gasteiger partial charge in [0, 0.05) is 50.3 Å². The number of likely N-dealkylation sites (tertiary alicyclic amines) is 2. The first-order valence-corrected chi connectivity index (χ1v) is 10.6. The summed E-state index contributed by atoms with van der Waals surface area (Å²) in [6.45, 7) is 25.5. The molecule has 0 aromatic rings. The molecule has 3 heterocycles. The molecule has 0 atom stereocenters. The minimum atomic E-state index is 0.329. The lowest BCUT2D eigenvalue weighted by Gasteiger charge is -2.50. The number of hydrogen-bond donors (Lipinski definition) is 0. The van der Waals surface area contributed by atoms with Gasteiger partial charge in [0.25, 0.3) is 0 Å². The molecule has 3 aliphatic heterocycles. The topological polar surface area (TPSA) is 13.0 Å². The van der Waals surface area contributed by atoms with E-state index >= 15 is 0 Å². The van der Waals surface area contributed by atoms with Crippen LogP contribution in [-0.2, 0) is 0 Å². The van der Waals surface area contributed by atoms with Crippen LogP contribution in [0.1, 0.15) is 54.4 Å². The van der Waals surface area contributed by atoms with E-state index in [0.717, 1.165) is 11.8 Å².